The fourth-order valence-corrected chi connectivity index (χ4v) is 2.90. The zero-order chi connectivity index (χ0) is 15.7. The Labute approximate surface area is 133 Å². The first-order valence-corrected chi connectivity index (χ1v) is 7.80. The van der Waals surface area contributed by atoms with Crippen LogP contribution in [-0.4, -0.2) is 0 Å². The first kappa shape index (κ1) is 14.6. The summed E-state index contributed by atoms with van der Waals surface area (Å²) in [6.45, 7) is 8.66. The van der Waals surface area contributed by atoms with Crippen LogP contribution >= 0.6 is 0 Å². The molecule has 0 amide bonds. The van der Waals surface area contributed by atoms with Crippen LogP contribution in [0.25, 0.3) is 22.3 Å². The molecule has 0 atom stereocenters. The number of hydrogen-bond acceptors (Lipinski definition) is 0. The fraction of sp³-hybridized carbons (Fsp3) is 0.182. The lowest BCUT2D eigenvalue weighted by molar-refractivity contribution is 1.37. The Morgan fingerprint density at radius 1 is 0.455 bits per heavy atom. The van der Waals surface area contributed by atoms with Gasteiger partial charge in [-0.1, -0.05) is 71.8 Å². The molecule has 0 aliphatic heterocycles. The molecule has 0 N–H and O–H groups in total. The fourth-order valence-electron chi connectivity index (χ4n) is 2.90. The van der Waals surface area contributed by atoms with E-state index < -0.39 is 0 Å². The highest BCUT2D eigenvalue weighted by Gasteiger charge is 2.08. The SMILES string of the molecule is Cc1ccc(-c2cc(C)c(-c3ccc(C)cc3)cc2C)cc1. The maximum absolute atomic E-state index is 2.31. The average molecular weight is 286 g/mol. The molecule has 0 saturated heterocycles. The Hall–Kier alpha value is -2.34. The van der Waals surface area contributed by atoms with Crippen molar-refractivity contribution in [3.8, 4) is 22.3 Å². The van der Waals surface area contributed by atoms with Gasteiger partial charge in [0.1, 0.15) is 0 Å². The van der Waals surface area contributed by atoms with Crippen molar-refractivity contribution < 1.29 is 0 Å². The van der Waals surface area contributed by atoms with Gasteiger partial charge in [0, 0.05) is 0 Å². The van der Waals surface area contributed by atoms with Gasteiger partial charge in [-0.3, -0.25) is 0 Å². The average Bonchev–Trinajstić information content (AvgIpc) is 2.51. The molecule has 0 unspecified atom stereocenters. The molecule has 3 aromatic rings. The molecule has 0 aliphatic carbocycles. The van der Waals surface area contributed by atoms with Gasteiger partial charge in [-0.25, -0.2) is 0 Å². The Morgan fingerprint density at radius 3 is 1.09 bits per heavy atom. The summed E-state index contributed by atoms with van der Waals surface area (Å²) in [5.74, 6) is 0. The molecule has 0 radical (unpaired) electrons. The minimum atomic E-state index is 1.29. The largest absolute Gasteiger partial charge is 0.0587 e. The van der Waals surface area contributed by atoms with Crippen molar-refractivity contribution in [3.05, 3.63) is 82.9 Å². The van der Waals surface area contributed by atoms with Crippen LogP contribution in [0.15, 0.2) is 60.7 Å². The van der Waals surface area contributed by atoms with Gasteiger partial charge in [-0.05, 0) is 61.1 Å². The predicted octanol–water partition coefficient (Wildman–Crippen LogP) is 6.25. The maximum Gasteiger partial charge on any atom is -0.0152 e. The summed E-state index contributed by atoms with van der Waals surface area (Å²) in [5, 5.41) is 0. The standard InChI is InChI=1S/C22H22/c1-15-5-9-19(10-6-15)21-13-18(4)22(14-17(21)3)20-11-7-16(2)8-12-20/h5-14H,1-4H3. The van der Waals surface area contributed by atoms with Gasteiger partial charge in [-0.2, -0.15) is 0 Å². The van der Waals surface area contributed by atoms with Crippen molar-refractivity contribution >= 4 is 0 Å². The summed E-state index contributed by atoms with van der Waals surface area (Å²) in [4.78, 5) is 0. The Balaban J connectivity index is 2.08. The molecule has 0 aliphatic rings. The third-order valence-corrected chi connectivity index (χ3v) is 4.30. The van der Waals surface area contributed by atoms with Crippen molar-refractivity contribution in [3.63, 3.8) is 0 Å². The molecule has 3 rings (SSSR count). The lowest BCUT2D eigenvalue weighted by Crippen LogP contribution is -1.90. The summed E-state index contributed by atoms with van der Waals surface area (Å²) in [5.41, 5.74) is 10.5. The van der Waals surface area contributed by atoms with E-state index in [0.29, 0.717) is 0 Å². The highest BCUT2D eigenvalue weighted by atomic mass is 14.1. The first-order chi connectivity index (χ1) is 10.5. The van der Waals surface area contributed by atoms with Crippen molar-refractivity contribution in [1.29, 1.82) is 0 Å². The van der Waals surface area contributed by atoms with E-state index in [2.05, 4.69) is 88.4 Å². The highest BCUT2D eigenvalue weighted by molar-refractivity contribution is 5.76. The van der Waals surface area contributed by atoms with E-state index in [1.807, 2.05) is 0 Å². The maximum atomic E-state index is 2.31. The molecule has 0 spiro atoms. The second-order valence-corrected chi connectivity index (χ2v) is 6.21. The number of rotatable bonds is 2. The van der Waals surface area contributed by atoms with E-state index in [1.54, 1.807) is 0 Å². The number of aryl methyl sites for hydroxylation is 4. The minimum Gasteiger partial charge on any atom is -0.0587 e. The van der Waals surface area contributed by atoms with Crippen molar-refractivity contribution in [2.45, 2.75) is 27.7 Å². The molecule has 0 aromatic heterocycles. The Kier molecular flexibility index (Phi) is 3.85. The Morgan fingerprint density at radius 2 is 0.773 bits per heavy atom. The van der Waals surface area contributed by atoms with Crippen molar-refractivity contribution in [1.82, 2.24) is 0 Å². The van der Waals surface area contributed by atoms with Crippen LogP contribution in [0.1, 0.15) is 22.3 Å². The van der Waals surface area contributed by atoms with E-state index in [1.165, 1.54) is 44.5 Å². The number of hydrogen-bond donors (Lipinski definition) is 0. The topological polar surface area (TPSA) is 0 Å². The van der Waals surface area contributed by atoms with Gasteiger partial charge < -0.3 is 0 Å². The van der Waals surface area contributed by atoms with Gasteiger partial charge in [0.15, 0.2) is 0 Å². The quantitative estimate of drug-likeness (QED) is 0.522. The monoisotopic (exact) mass is 286 g/mol. The molecule has 110 valence electrons. The van der Waals surface area contributed by atoms with E-state index in [0.717, 1.165) is 0 Å². The smallest absolute Gasteiger partial charge is 0.0152 e. The van der Waals surface area contributed by atoms with Crippen molar-refractivity contribution in [2.75, 3.05) is 0 Å². The molecule has 3 aromatic carbocycles. The van der Waals surface area contributed by atoms with Gasteiger partial charge in [-0.15, -0.1) is 0 Å². The van der Waals surface area contributed by atoms with E-state index in [-0.39, 0.29) is 0 Å². The van der Waals surface area contributed by atoms with Gasteiger partial charge in [0.2, 0.25) is 0 Å². The van der Waals surface area contributed by atoms with Crippen LogP contribution in [0.4, 0.5) is 0 Å². The normalized spacial score (nSPS) is 10.7. The molecular formula is C22H22. The molecule has 0 bridgehead atoms. The van der Waals surface area contributed by atoms with Crippen LogP contribution in [0.5, 0.6) is 0 Å². The number of benzene rings is 3. The summed E-state index contributed by atoms with van der Waals surface area (Å²) < 4.78 is 0. The van der Waals surface area contributed by atoms with Crippen LogP contribution in [0.3, 0.4) is 0 Å². The highest BCUT2D eigenvalue weighted by Crippen LogP contribution is 2.32. The van der Waals surface area contributed by atoms with Crippen LogP contribution in [0.2, 0.25) is 0 Å². The Bertz CT molecular complexity index is 719. The minimum absolute atomic E-state index is 1.29. The molecule has 0 heterocycles. The first-order valence-electron chi connectivity index (χ1n) is 7.80. The summed E-state index contributed by atoms with van der Waals surface area (Å²) in [6.07, 6.45) is 0. The lowest BCUT2D eigenvalue weighted by Gasteiger charge is -2.13. The predicted molar refractivity (Wildman–Crippen MR) is 96.3 cm³/mol. The third-order valence-electron chi connectivity index (χ3n) is 4.30. The second kappa shape index (κ2) is 5.81. The molecule has 0 nitrogen and oxygen atoms in total. The van der Waals surface area contributed by atoms with Crippen LogP contribution < -0.4 is 0 Å². The summed E-state index contributed by atoms with van der Waals surface area (Å²) >= 11 is 0. The van der Waals surface area contributed by atoms with Crippen LogP contribution in [-0.2, 0) is 0 Å². The zero-order valence-electron chi connectivity index (χ0n) is 13.8. The lowest BCUT2D eigenvalue weighted by atomic mass is 9.91. The molecule has 0 fully saturated rings. The molecule has 0 saturated carbocycles. The molecule has 22 heavy (non-hydrogen) atoms. The summed E-state index contributed by atoms with van der Waals surface area (Å²) in [6, 6.07) is 22.2. The second-order valence-electron chi connectivity index (χ2n) is 6.21. The van der Waals surface area contributed by atoms with E-state index >= 15 is 0 Å². The van der Waals surface area contributed by atoms with Crippen molar-refractivity contribution in [2.24, 2.45) is 0 Å². The zero-order valence-corrected chi connectivity index (χ0v) is 13.8. The van der Waals surface area contributed by atoms with Gasteiger partial charge in [0.05, 0.1) is 0 Å². The van der Waals surface area contributed by atoms with E-state index in [4.69, 9.17) is 0 Å². The van der Waals surface area contributed by atoms with E-state index in [9.17, 15) is 0 Å². The summed E-state index contributed by atoms with van der Waals surface area (Å²) in [7, 11) is 0. The third kappa shape index (κ3) is 2.82. The van der Waals surface area contributed by atoms with Gasteiger partial charge in [0.25, 0.3) is 0 Å². The van der Waals surface area contributed by atoms with Crippen LogP contribution in [0, 0.1) is 27.7 Å². The van der Waals surface area contributed by atoms with Gasteiger partial charge >= 0.3 is 0 Å². The molecule has 0 heteroatoms. The molecular weight excluding hydrogens is 264 g/mol.